The second kappa shape index (κ2) is 11.7. The molecule has 0 saturated carbocycles. The van der Waals surface area contributed by atoms with Gasteiger partial charge in [0.15, 0.2) is 0 Å². The summed E-state index contributed by atoms with van der Waals surface area (Å²) in [6.07, 6.45) is 6.67. The molecular weight excluding hydrogens is 404 g/mol. The van der Waals surface area contributed by atoms with Crippen molar-refractivity contribution in [1.29, 1.82) is 0 Å². The Kier molecular flexibility index (Phi) is 9.67. The molecule has 170 valence electrons. The number of unbranched alkanes of at least 4 members (excludes halogenated alkanes) is 3. The molecule has 4 atom stereocenters. The Morgan fingerprint density at radius 1 is 1.33 bits per heavy atom. The topological polar surface area (TPSA) is 108 Å². The standard InChI is InChI=1S/C21H37N4O4S/c1-5-7-8-9-13-28-20-19(23-30-24-20)16-11-10-12-25(4,14-16)15(3)29-21(27)18(22)17(26)6-2/h11,15,17-18,26H,5-10,12-14,22H2,1-4H3/q+1/t15?,17-,18+,25?/m1/s1. The number of carbonyl (C=O) groups is 1. The fraction of sp³-hybridized carbons (Fsp3) is 0.762. The summed E-state index contributed by atoms with van der Waals surface area (Å²) in [5.74, 6) is 0.0210. The SMILES string of the molecule is CCCCCCOc1nsnc1C1=CCC[N+](C)(C(C)OC(=O)[C@@H](N)[C@H](O)CC)C1. The Labute approximate surface area is 184 Å². The van der Waals surface area contributed by atoms with Gasteiger partial charge in [-0.25, -0.2) is 0 Å². The second-order valence-corrected chi connectivity index (χ2v) is 8.77. The minimum absolute atomic E-state index is 0.402. The van der Waals surface area contributed by atoms with Gasteiger partial charge in [-0.15, -0.1) is 4.37 Å². The Morgan fingerprint density at radius 2 is 2.10 bits per heavy atom. The van der Waals surface area contributed by atoms with Gasteiger partial charge in [0.05, 0.1) is 38.0 Å². The van der Waals surface area contributed by atoms with Gasteiger partial charge in [-0.3, -0.25) is 9.28 Å². The molecule has 0 saturated heterocycles. The predicted octanol–water partition coefficient (Wildman–Crippen LogP) is 2.72. The molecular formula is C21H37N4O4S+. The zero-order chi connectivity index (χ0) is 22.1. The summed E-state index contributed by atoms with van der Waals surface area (Å²) in [4.78, 5) is 12.3. The van der Waals surface area contributed by atoms with E-state index in [1.54, 1.807) is 6.92 Å². The lowest BCUT2D eigenvalue weighted by atomic mass is 10.0. The van der Waals surface area contributed by atoms with Gasteiger partial charge in [-0.2, -0.15) is 4.37 Å². The Balaban J connectivity index is 2.00. The third-order valence-corrected chi connectivity index (χ3v) is 6.34. The molecule has 1 aromatic rings. The first-order valence-electron chi connectivity index (χ1n) is 11.0. The number of nitrogens with zero attached hydrogens (tertiary/aromatic N) is 3. The van der Waals surface area contributed by atoms with E-state index in [9.17, 15) is 9.90 Å². The van der Waals surface area contributed by atoms with Crippen LogP contribution in [0, 0.1) is 0 Å². The Hall–Kier alpha value is -1.55. The van der Waals surface area contributed by atoms with Crippen LogP contribution in [-0.4, -0.2) is 69.4 Å². The molecule has 0 amide bonds. The van der Waals surface area contributed by atoms with Crippen molar-refractivity contribution in [2.45, 2.75) is 77.7 Å². The number of hydrogen-bond acceptors (Lipinski definition) is 8. The molecule has 2 heterocycles. The number of ether oxygens (including phenoxy) is 2. The summed E-state index contributed by atoms with van der Waals surface area (Å²) in [6, 6.07) is -1.03. The number of carbonyl (C=O) groups excluding carboxylic acids is 1. The third-order valence-electron chi connectivity index (χ3n) is 5.83. The van der Waals surface area contributed by atoms with E-state index in [0.29, 0.717) is 29.9 Å². The van der Waals surface area contributed by atoms with E-state index in [1.807, 2.05) is 6.92 Å². The van der Waals surface area contributed by atoms with Crippen molar-refractivity contribution in [2.24, 2.45) is 5.73 Å². The molecule has 0 bridgehead atoms. The van der Waals surface area contributed by atoms with Crippen molar-refractivity contribution in [3.63, 3.8) is 0 Å². The highest BCUT2D eigenvalue weighted by atomic mass is 32.1. The van der Waals surface area contributed by atoms with Crippen molar-refractivity contribution in [3.05, 3.63) is 11.8 Å². The minimum Gasteiger partial charge on any atom is -0.475 e. The summed E-state index contributed by atoms with van der Waals surface area (Å²) >= 11 is 1.15. The van der Waals surface area contributed by atoms with Crippen LogP contribution in [0.5, 0.6) is 5.88 Å². The average molecular weight is 442 g/mol. The number of nitrogens with two attached hydrogens (primary N) is 1. The molecule has 2 unspecified atom stereocenters. The lowest BCUT2D eigenvalue weighted by molar-refractivity contribution is -0.944. The quantitative estimate of drug-likeness (QED) is 0.292. The number of rotatable bonds is 12. The number of aliphatic hydroxyl groups excluding tert-OH is 1. The van der Waals surface area contributed by atoms with Gasteiger partial charge in [0, 0.05) is 18.9 Å². The number of likely N-dealkylation sites (N-methyl/N-ethyl adjacent to an activating group) is 1. The van der Waals surface area contributed by atoms with Gasteiger partial charge in [0.2, 0.25) is 6.23 Å². The van der Waals surface area contributed by atoms with Crippen LogP contribution >= 0.6 is 11.7 Å². The smallest absolute Gasteiger partial charge is 0.330 e. The van der Waals surface area contributed by atoms with Crippen molar-refractivity contribution in [2.75, 3.05) is 26.7 Å². The molecule has 0 spiro atoms. The highest BCUT2D eigenvalue weighted by Crippen LogP contribution is 2.31. The highest BCUT2D eigenvalue weighted by molar-refractivity contribution is 6.99. The number of esters is 1. The summed E-state index contributed by atoms with van der Waals surface area (Å²) in [5.41, 5.74) is 7.66. The second-order valence-electron chi connectivity index (χ2n) is 8.24. The molecule has 1 aliphatic rings. The number of aromatic nitrogens is 2. The summed E-state index contributed by atoms with van der Waals surface area (Å²) in [6.45, 7) is 7.96. The van der Waals surface area contributed by atoms with Crippen molar-refractivity contribution in [1.82, 2.24) is 8.75 Å². The van der Waals surface area contributed by atoms with E-state index in [-0.39, 0.29) is 0 Å². The Morgan fingerprint density at radius 3 is 2.80 bits per heavy atom. The number of hydrogen-bond donors (Lipinski definition) is 2. The predicted molar refractivity (Wildman–Crippen MR) is 118 cm³/mol. The van der Waals surface area contributed by atoms with Gasteiger partial charge in [0.1, 0.15) is 18.3 Å². The van der Waals surface area contributed by atoms with Crippen LogP contribution < -0.4 is 10.5 Å². The lowest BCUT2D eigenvalue weighted by Gasteiger charge is -2.41. The molecule has 0 aromatic carbocycles. The van der Waals surface area contributed by atoms with Gasteiger partial charge >= 0.3 is 5.97 Å². The first kappa shape index (κ1) is 24.7. The van der Waals surface area contributed by atoms with Crippen LogP contribution in [0.25, 0.3) is 5.57 Å². The maximum Gasteiger partial charge on any atom is 0.330 e. The largest absolute Gasteiger partial charge is 0.475 e. The van der Waals surface area contributed by atoms with Crippen LogP contribution in [-0.2, 0) is 9.53 Å². The van der Waals surface area contributed by atoms with E-state index in [1.165, 1.54) is 12.8 Å². The first-order valence-corrected chi connectivity index (χ1v) is 11.7. The monoisotopic (exact) mass is 441 g/mol. The molecule has 2 rings (SSSR count). The van der Waals surface area contributed by atoms with E-state index in [4.69, 9.17) is 15.2 Å². The van der Waals surface area contributed by atoms with Gasteiger partial charge in [-0.1, -0.05) is 39.2 Å². The maximum absolute atomic E-state index is 12.3. The summed E-state index contributed by atoms with van der Waals surface area (Å²) in [5, 5.41) is 9.83. The molecule has 30 heavy (non-hydrogen) atoms. The molecule has 0 fully saturated rings. The molecule has 0 aliphatic carbocycles. The van der Waals surface area contributed by atoms with Crippen LogP contribution in [0.2, 0.25) is 0 Å². The third kappa shape index (κ3) is 6.47. The molecule has 9 heteroatoms. The average Bonchev–Trinajstić information content (AvgIpc) is 3.21. The zero-order valence-electron chi connectivity index (χ0n) is 18.7. The number of quaternary nitrogens is 1. The van der Waals surface area contributed by atoms with Crippen LogP contribution in [0.15, 0.2) is 6.08 Å². The summed E-state index contributed by atoms with van der Waals surface area (Å²) in [7, 11) is 2.05. The Bertz CT molecular complexity index is 711. The van der Waals surface area contributed by atoms with E-state index < -0.39 is 24.3 Å². The molecule has 3 N–H and O–H groups in total. The van der Waals surface area contributed by atoms with Crippen molar-refractivity contribution < 1.29 is 23.9 Å². The number of aliphatic hydroxyl groups is 1. The molecule has 0 radical (unpaired) electrons. The molecule has 8 nitrogen and oxygen atoms in total. The van der Waals surface area contributed by atoms with Crippen molar-refractivity contribution >= 4 is 23.3 Å². The van der Waals surface area contributed by atoms with E-state index >= 15 is 0 Å². The van der Waals surface area contributed by atoms with Gasteiger partial charge < -0.3 is 20.3 Å². The lowest BCUT2D eigenvalue weighted by Crippen LogP contribution is -2.57. The molecule has 1 aliphatic heterocycles. The van der Waals surface area contributed by atoms with Crippen LogP contribution in [0.3, 0.4) is 0 Å². The van der Waals surface area contributed by atoms with E-state index in [2.05, 4.69) is 28.8 Å². The van der Waals surface area contributed by atoms with Gasteiger partial charge in [0.25, 0.3) is 5.88 Å². The summed E-state index contributed by atoms with van der Waals surface area (Å²) < 4.78 is 20.8. The van der Waals surface area contributed by atoms with Crippen molar-refractivity contribution in [3.8, 4) is 5.88 Å². The normalized spacial score (nSPS) is 22.1. The fourth-order valence-electron chi connectivity index (χ4n) is 3.50. The minimum atomic E-state index is -1.03. The highest BCUT2D eigenvalue weighted by Gasteiger charge is 2.38. The van der Waals surface area contributed by atoms with Gasteiger partial charge in [-0.05, 0) is 12.8 Å². The maximum atomic E-state index is 12.3. The first-order chi connectivity index (χ1) is 14.3. The molecule has 1 aromatic heterocycles. The zero-order valence-corrected chi connectivity index (χ0v) is 19.5. The fourth-order valence-corrected chi connectivity index (χ4v) is 4.03. The van der Waals surface area contributed by atoms with Crippen LogP contribution in [0.1, 0.15) is 65.0 Å². The van der Waals surface area contributed by atoms with Crippen LogP contribution in [0.4, 0.5) is 0 Å². The van der Waals surface area contributed by atoms with E-state index in [0.717, 1.165) is 48.8 Å².